The Morgan fingerprint density at radius 3 is 2.62 bits per heavy atom. The van der Waals surface area contributed by atoms with E-state index < -0.39 is 0 Å². The summed E-state index contributed by atoms with van der Waals surface area (Å²) in [6, 6.07) is 4.11. The van der Waals surface area contributed by atoms with Gasteiger partial charge in [-0.15, -0.1) is 0 Å². The van der Waals surface area contributed by atoms with Crippen molar-refractivity contribution in [2.75, 3.05) is 0 Å². The SMILES string of the molecule is Cc1cc2nnccc2c(C)c1C. The van der Waals surface area contributed by atoms with Crippen molar-refractivity contribution in [2.24, 2.45) is 0 Å². The highest BCUT2D eigenvalue weighted by Gasteiger charge is 2.03. The Hall–Kier alpha value is -1.44. The number of hydrogen-bond acceptors (Lipinski definition) is 2. The lowest BCUT2D eigenvalue weighted by atomic mass is 10.00. The lowest BCUT2D eigenvalue weighted by molar-refractivity contribution is 1.07. The van der Waals surface area contributed by atoms with E-state index in [9.17, 15) is 0 Å². The highest BCUT2D eigenvalue weighted by molar-refractivity contribution is 5.83. The van der Waals surface area contributed by atoms with Crippen LogP contribution in [0.15, 0.2) is 18.3 Å². The molecule has 0 unspecified atom stereocenters. The first-order chi connectivity index (χ1) is 6.20. The second kappa shape index (κ2) is 2.80. The molecule has 1 aromatic carbocycles. The van der Waals surface area contributed by atoms with Crippen LogP contribution in [0.2, 0.25) is 0 Å². The van der Waals surface area contributed by atoms with E-state index in [2.05, 4.69) is 37.0 Å². The first-order valence-electron chi connectivity index (χ1n) is 4.38. The van der Waals surface area contributed by atoms with Crippen LogP contribution in [-0.4, -0.2) is 10.2 Å². The molecule has 2 rings (SSSR count). The summed E-state index contributed by atoms with van der Waals surface area (Å²) in [7, 11) is 0. The third-order valence-corrected chi connectivity index (χ3v) is 2.66. The molecule has 1 aromatic heterocycles. The number of benzene rings is 1. The van der Waals surface area contributed by atoms with E-state index in [0.717, 1.165) is 5.52 Å². The smallest absolute Gasteiger partial charge is 0.0935 e. The van der Waals surface area contributed by atoms with E-state index in [-0.39, 0.29) is 0 Å². The van der Waals surface area contributed by atoms with E-state index in [1.54, 1.807) is 6.20 Å². The van der Waals surface area contributed by atoms with E-state index in [1.165, 1.54) is 22.1 Å². The molecule has 66 valence electrons. The predicted molar refractivity (Wildman–Crippen MR) is 53.7 cm³/mol. The number of nitrogens with zero attached hydrogens (tertiary/aromatic N) is 2. The maximum absolute atomic E-state index is 4.09. The van der Waals surface area contributed by atoms with Crippen LogP contribution in [0, 0.1) is 20.8 Å². The molecule has 0 N–H and O–H groups in total. The van der Waals surface area contributed by atoms with Crippen molar-refractivity contribution in [1.82, 2.24) is 10.2 Å². The molecule has 0 aliphatic carbocycles. The van der Waals surface area contributed by atoms with Gasteiger partial charge < -0.3 is 0 Å². The van der Waals surface area contributed by atoms with Gasteiger partial charge in [0.2, 0.25) is 0 Å². The van der Waals surface area contributed by atoms with E-state index in [1.807, 2.05) is 6.07 Å². The highest BCUT2D eigenvalue weighted by atomic mass is 15.1. The molecule has 0 atom stereocenters. The van der Waals surface area contributed by atoms with Crippen molar-refractivity contribution in [3.63, 3.8) is 0 Å². The van der Waals surface area contributed by atoms with Gasteiger partial charge in [-0.2, -0.15) is 10.2 Å². The van der Waals surface area contributed by atoms with Gasteiger partial charge in [0.25, 0.3) is 0 Å². The largest absolute Gasteiger partial charge is 0.159 e. The molecule has 2 aromatic rings. The van der Waals surface area contributed by atoms with Gasteiger partial charge in [-0.25, -0.2) is 0 Å². The maximum Gasteiger partial charge on any atom is 0.0935 e. The van der Waals surface area contributed by atoms with Crippen LogP contribution in [0.5, 0.6) is 0 Å². The minimum absolute atomic E-state index is 0.989. The topological polar surface area (TPSA) is 25.8 Å². The summed E-state index contributed by atoms with van der Waals surface area (Å²) in [6.45, 7) is 6.38. The van der Waals surface area contributed by atoms with Crippen LogP contribution in [-0.2, 0) is 0 Å². The number of aryl methyl sites for hydroxylation is 2. The quantitative estimate of drug-likeness (QED) is 0.610. The summed E-state index contributed by atoms with van der Waals surface area (Å²) >= 11 is 0. The van der Waals surface area contributed by atoms with Crippen molar-refractivity contribution in [3.05, 3.63) is 35.0 Å². The van der Waals surface area contributed by atoms with Crippen LogP contribution in [0.4, 0.5) is 0 Å². The molecule has 0 amide bonds. The fraction of sp³-hybridized carbons (Fsp3) is 0.273. The normalized spacial score (nSPS) is 10.7. The van der Waals surface area contributed by atoms with Crippen molar-refractivity contribution >= 4 is 10.9 Å². The lowest BCUT2D eigenvalue weighted by Crippen LogP contribution is -1.91. The average Bonchev–Trinajstić information content (AvgIpc) is 2.15. The summed E-state index contributed by atoms with van der Waals surface area (Å²) in [5.41, 5.74) is 4.93. The Labute approximate surface area is 77.6 Å². The molecule has 1 heterocycles. The van der Waals surface area contributed by atoms with E-state index >= 15 is 0 Å². The Kier molecular flexibility index (Phi) is 1.76. The maximum atomic E-state index is 4.09. The Balaban J connectivity index is 2.94. The van der Waals surface area contributed by atoms with Crippen molar-refractivity contribution < 1.29 is 0 Å². The van der Waals surface area contributed by atoms with E-state index in [0.29, 0.717) is 0 Å². The second-order valence-corrected chi connectivity index (χ2v) is 3.41. The summed E-state index contributed by atoms with van der Waals surface area (Å²) < 4.78 is 0. The molecule has 0 spiro atoms. The zero-order chi connectivity index (χ0) is 9.42. The molecule has 0 fully saturated rings. The van der Waals surface area contributed by atoms with Crippen LogP contribution < -0.4 is 0 Å². The van der Waals surface area contributed by atoms with Gasteiger partial charge in [-0.05, 0) is 49.6 Å². The summed E-state index contributed by atoms with van der Waals surface area (Å²) in [4.78, 5) is 0. The lowest BCUT2D eigenvalue weighted by Gasteiger charge is -2.07. The zero-order valence-electron chi connectivity index (χ0n) is 8.13. The van der Waals surface area contributed by atoms with Crippen molar-refractivity contribution in [3.8, 4) is 0 Å². The van der Waals surface area contributed by atoms with Crippen LogP contribution in [0.1, 0.15) is 16.7 Å². The molecule has 0 radical (unpaired) electrons. The van der Waals surface area contributed by atoms with E-state index in [4.69, 9.17) is 0 Å². The van der Waals surface area contributed by atoms with Gasteiger partial charge in [0.05, 0.1) is 11.7 Å². The van der Waals surface area contributed by atoms with Gasteiger partial charge in [-0.1, -0.05) is 0 Å². The molecular weight excluding hydrogens is 160 g/mol. The second-order valence-electron chi connectivity index (χ2n) is 3.41. The van der Waals surface area contributed by atoms with Crippen molar-refractivity contribution in [1.29, 1.82) is 0 Å². The van der Waals surface area contributed by atoms with Crippen LogP contribution in [0.3, 0.4) is 0 Å². The van der Waals surface area contributed by atoms with Gasteiger partial charge in [0, 0.05) is 5.39 Å². The first kappa shape index (κ1) is 8.17. The van der Waals surface area contributed by atoms with Gasteiger partial charge in [-0.3, -0.25) is 0 Å². The molecule has 0 aliphatic heterocycles. The summed E-state index contributed by atoms with van der Waals surface area (Å²) in [6.07, 6.45) is 1.74. The van der Waals surface area contributed by atoms with Gasteiger partial charge >= 0.3 is 0 Å². The molecular formula is C11H12N2. The predicted octanol–water partition coefficient (Wildman–Crippen LogP) is 2.56. The molecule has 0 aliphatic rings. The Morgan fingerprint density at radius 1 is 1.08 bits per heavy atom. The van der Waals surface area contributed by atoms with Crippen LogP contribution >= 0.6 is 0 Å². The number of aromatic nitrogens is 2. The molecule has 13 heavy (non-hydrogen) atoms. The number of hydrogen-bond donors (Lipinski definition) is 0. The zero-order valence-corrected chi connectivity index (χ0v) is 8.13. The van der Waals surface area contributed by atoms with Gasteiger partial charge in [0.15, 0.2) is 0 Å². The van der Waals surface area contributed by atoms with Gasteiger partial charge in [0.1, 0.15) is 0 Å². The molecule has 0 bridgehead atoms. The monoisotopic (exact) mass is 172 g/mol. The van der Waals surface area contributed by atoms with Crippen LogP contribution in [0.25, 0.3) is 10.9 Å². The number of fused-ring (bicyclic) bond motifs is 1. The molecule has 2 heteroatoms. The minimum atomic E-state index is 0.989. The summed E-state index contributed by atoms with van der Waals surface area (Å²) in [5, 5.41) is 9.18. The number of rotatable bonds is 0. The molecule has 0 saturated heterocycles. The molecule has 0 saturated carbocycles. The third kappa shape index (κ3) is 1.18. The Morgan fingerprint density at radius 2 is 1.85 bits per heavy atom. The Bertz CT molecular complexity index is 461. The molecule has 2 nitrogen and oxygen atoms in total. The highest BCUT2D eigenvalue weighted by Crippen LogP contribution is 2.21. The fourth-order valence-corrected chi connectivity index (χ4v) is 1.58. The minimum Gasteiger partial charge on any atom is -0.159 e. The van der Waals surface area contributed by atoms with Crippen molar-refractivity contribution in [2.45, 2.75) is 20.8 Å². The summed E-state index contributed by atoms with van der Waals surface area (Å²) in [5.74, 6) is 0. The standard InChI is InChI=1S/C11H12N2/c1-7-6-11-10(4-5-12-13-11)9(3)8(7)2/h4-6H,1-3H3. The third-order valence-electron chi connectivity index (χ3n) is 2.66. The first-order valence-corrected chi connectivity index (χ1v) is 4.38. The fourth-order valence-electron chi connectivity index (χ4n) is 1.58. The average molecular weight is 172 g/mol.